The van der Waals surface area contributed by atoms with Gasteiger partial charge in [-0.1, -0.05) is 12.8 Å². The molecule has 0 spiro atoms. The molecule has 0 aliphatic carbocycles. The van der Waals surface area contributed by atoms with Crippen LogP contribution in [0.25, 0.3) is 0 Å². The molecule has 1 unspecified atom stereocenters. The third-order valence-corrected chi connectivity index (χ3v) is 5.04. The van der Waals surface area contributed by atoms with Crippen molar-refractivity contribution >= 4 is 36.4 Å². The van der Waals surface area contributed by atoms with Crippen LogP contribution in [-0.4, -0.2) is 54.5 Å². The van der Waals surface area contributed by atoms with Crippen LogP contribution < -0.4 is 5.32 Å². The summed E-state index contributed by atoms with van der Waals surface area (Å²) in [6.45, 7) is 4.23. The normalized spacial score (nSPS) is 21.1. The van der Waals surface area contributed by atoms with Crippen molar-refractivity contribution in [3.63, 3.8) is 0 Å². The Kier molecular flexibility index (Phi) is 10.3. The number of likely N-dealkylation sites (tertiary alicyclic amines) is 2. The smallest absolute Gasteiger partial charge is 0.236 e. The van der Waals surface area contributed by atoms with Crippen molar-refractivity contribution in [3.8, 4) is 0 Å². The van der Waals surface area contributed by atoms with E-state index in [4.69, 9.17) is 0 Å². The van der Waals surface area contributed by atoms with Gasteiger partial charge in [-0.25, -0.2) is 4.39 Å². The first-order chi connectivity index (χ1) is 11.7. The number of nitrogens with one attached hydrogen (secondary N) is 1. The molecule has 2 heterocycles. The van der Waals surface area contributed by atoms with Gasteiger partial charge in [0, 0.05) is 31.4 Å². The van der Waals surface area contributed by atoms with E-state index in [-0.39, 0.29) is 36.5 Å². The SMILES string of the molecule is Cl.Cl.O=C(CN1CCCC(Nc2ccc(F)cc2)C1)N1CCCCCC1. The Balaban J connectivity index is 0.00000169. The molecule has 7 heteroatoms. The van der Waals surface area contributed by atoms with E-state index in [0.29, 0.717) is 12.6 Å². The summed E-state index contributed by atoms with van der Waals surface area (Å²) in [5.74, 6) is 0.0631. The van der Waals surface area contributed by atoms with E-state index in [1.54, 1.807) is 12.1 Å². The molecule has 1 amide bonds. The van der Waals surface area contributed by atoms with E-state index in [9.17, 15) is 9.18 Å². The van der Waals surface area contributed by atoms with E-state index in [1.165, 1.54) is 25.0 Å². The zero-order valence-corrected chi connectivity index (χ0v) is 16.8. The number of amides is 1. The molecule has 4 nitrogen and oxygen atoms in total. The van der Waals surface area contributed by atoms with E-state index in [0.717, 1.165) is 57.5 Å². The van der Waals surface area contributed by atoms with Crippen LogP contribution >= 0.6 is 24.8 Å². The van der Waals surface area contributed by atoms with Crippen molar-refractivity contribution in [3.05, 3.63) is 30.1 Å². The first-order valence-electron chi connectivity index (χ1n) is 9.23. The van der Waals surface area contributed by atoms with Gasteiger partial charge >= 0.3 is 0 Å². The third kappa shape index (κ3) is 6.93. The van der Waals surface area contributed by atoms with E-state index in [1.807, 2.05) is 4.90 Å². The first-order valence-corrected chi connectivity index (χ1v) is 9.23. The van der Waals surface area contributed by atoms with Gasteiger partial charge < -0.3 is 10.2 Å². The van der Waals surface area contributed by atoms with Crippen LogP contribution in [0.5, 0.6) is 0 Å². The fraction of sp³-hybridized carbons (Fsp3) is 0.632. The molecular weight excluding hydrogens is 376 g/mol. The lowest BCUT2D eigenvalue weighted by atomic mass is 10.1. The number of halogens is 3. The minimum atomic E-state index is -0.214. The van der Waals surface area contributed by atoms with Crippen molar-refractivity contribution in [1.82, 2.24) is 9.80 Å². The quantitative estimate of drug-likeness (QED) is 0.823. The average molecular weight is 406 g/mol. The highest BCUT2D eigenvalue weighted by atomic mass is 35.5. The maximum atomic E-state index is 13.0. The number of carbonyl (C=O) groups excluding carboxylic acids is 1. The van der Waals surface area contributed by atoms with E-state index < -0.39 is 0 Å². The lowest BCUT2D eigenvalue weighted by Gasteiger charge is -2.34. The third-order valence-electron chi connectivity index (χ3n) is 5.04. The average Bonchev–Trinajstić information content (AvgIpc) is 2.87. The Morgan fingerprint density at radius 2 is 1.65 bits per heavy atom. The van der Waals surface area contributed by atoms with E-state index in [2.05, 4.69) is 10.2 Å². The predicted molar refractivity (Wildman–Crippen MR) is 109 cm³/mol. The van der Waals surface area contributed by atoms with Gasteiger partial charge in [-0.15, -0.1) is 24.8 Å². The Morgan fingerprint density at radius 3 is 2.31 bits per heavy atom. The summed E-state index contributed by atoms with van der Waals surface area (Å²) in [6, 6.07) is 6.83. The van der Waals surface area contributed by atoms with Crippen LogP contribution in [0.4, 0.5) is 10.1 Å². The van der Waals surface area contributed by atoms with Gasteiger partial charge in [-0.2, -0.15) is 0 Å². The van der Waals surface area contributed by atoms with Crippen molar-refractivity contribution in [2.45, 2.75) is 44.6 Å². The number of hydrogen-bond acceptors (Lipinski definition) is 3. The van der Waals surface area contributed by atoms with Crippen LogP contribution in [0.1, 0.15) is 38.5 Å². The zero-order chi connectivity index (χ0) is 16.8. The second kappa shape index (κ2) is 11.6. The Hall–Kier alpha value is -1.04. The molecule has 0 aromatic heterocycles. The standard InChI is InChI=1S/C19H28FN3O.2ClH/c20-16-7-9-17(10-8-16)21-18-6-5-11-22(14-18)15-19(24)23-12-3-1-2-4-13-23;;/h7-10,18,21H,1-6,11-15H2;2*1H. The highest BCUT2D eigenvalue weighted by molar-refractivity contribution is 5.85. The van der Waals surface area contributed by atoms with Crippen molar-refractivity contribution in [2.24, 2.45) is 0 Å². The number of anilines is 1. The number of piperidine rings is 1. The molecule has 2 aliphatic rings. The summed E-state index contributed by atoms with van der Waals surface area (Å²) in [5, 5.41) is 3.47. The van der Waals surface area contributed by atoms with Gasteiger partial charge in [0.15, 0.2) is 0 Å². The second-order valence-corrected chi connectivity index (χ2v) is 7.02. The topological polar surface area (TPSA) is 35.6 Å². The van der Waals surface area contributed by atoms with Crippen LogP contribution in [-0.2, 0) is 4.79 Å². The van der Waals surface area contributed by atoms with Crippen molar-refractivity contribution in [2.75, 3.05) is 38.0 Å². The van der Waals surface area contributed by atoms with Gasteiger partial charge in [0.1, 0.15) is 5.82 Å². The molecule has 148 valence electrons. The number of benzene rings is 1. The molecule has 2 aliphatic heterocycles. The molecule has 0 saturated carbocycles. The maximum absolute atomic E-state index is 13.0. The molecule has 1 aromatic rings. The Labute approximate surface area is 168 Å². The summed E-state index contributed by atoms with van der Waals surface area (Å²) in [7, 11) is 0. The molecule has 2 saturated heterocycles. The Bertz CT molecular complexity index is 536. The maximum Gasteiger partial charge on any atom is 0.236 e. The highest BCUT2D eigenvalue weighted by Crippen LogP contribution is 2.17. The zero-order valence-electron chi connectivity index (χ0n) is 15.2. The van der Waals surface area contributed by atoms with Crippen LogP contribution in [0.3, 0.4) is 0 Å². The molecule has 2 fully saturated rings. The fourth-order valence-electron chi connectivity index (χ4n) is 3.71. The molecule has 1 aromatic carbocycles. The van der Waals surface area contributed by atoms with Crippen LogP contribution in [0, 0.1) is 5.82 Å². The number of carbonyl (C=O) groups is 1. The van der Waals surface area contributed by atoms with Gasteiger partial charge in [0.05, 0.1) is 6.54 Å². The summed E-state index contributed by atoms with van der Waals surface area (Å²) in [6.07, 6.45) is 6.95. The summed E-state index contributed by atoms with van der Waals surface area (Å²) in [4.78, 5) is 16.9. The molecule has 1 N–H and O–H groups in total. The lowest BCUT2D eigenvalue weighted by Crippen LogP contribution is -2.47. The van der Waals surface area contributed by atoms with E-state index >= 15 is 0 Å². The summed E-state index contributed by atoms with van der Waals surface area (Å²) >= 11 is 0. The van der Waals surface area contributed by atoms with Gasteiger partial charge in [-0.3, -0.25) is 9.69 Å². The van der Waals surface area contributed by atoms with Crippen LogP contribution in [0.2, 0.25) is 0 Å². The molecule has 0 bridgehead atoms. The molecule has 26 heavy (non-hydrogen) atoms. The van der Waals surface area contributed by atoms with Gasteiger partial charge in [0.25, 0.3) is 0 Å². The number of nitrogens with zero attached hydrogens (tertiary/aromatic N) is 2. The minimum absolute atomic E-state index is 0. The lowest BCUT2D eigenvalue weighted by molar-refractivity contribution is -0.132. The van der Waals surface area contributed by atoms with Gasteiger partial charge in [0.2, 0.25) is 5.91 Å². The number of hydrogen-bond donors (Lipinski definition) is 1. The molecule has 0 radical (unpaired) electrons. The monoisotopic (exact) mass is 405 g/mol. The largest absolute Gasteiger partial charge is 0.381 e. The van der Waals surface area contributed by atoms with Gasteiger partial charge in [-0.05, 0) is 56.5 Å². The number of rotatable bonds is 4. The molecule has 3 rings (SSSR count). The summed E-state index contributed by atoms with van der Waals surface area (Å²) in [5.41, 5.74) is 0.946. The second-order valence-electron chi connectivity index (χ2n) is 7.02. The van der Waals surface area contributed by atoms with Crippen LogP contribution in [0.15, 0.2) is 24.3 Å². The fourth-order valence-corrected chi connectivity index (χ4v) is 3.71. The molecular formula is C19H30Cl2FN3O. The Morgan fingerprint density at radius 1 is 1.00 bits per heavy atom. The predicted octanol–water partition coefficient (Wildman–Crippen LogP) is 3.95. The minimum Gasteiger partial charge on any atom is -0.381 e. The highest BCUT2D eigenvalue weighted by Gasteiger charge is 2.24. The molecule has 1 atom stereocenters. The first kappa shape index (κ1) is 23.0. The van der Waals surface area contributed by atoms with Crippen molar-refractivity contribution < 1.29 is 9.18 Å². The van der Waals surface area contributed by atoms with Crippen molar-refractivity contribution in [1.29, 1.82) is 0 Å². The summed E-state index contributed by atoms with van der Waals surface area (Å²) < 4.78 is 13.0.